The van der Waals surface area contributed by atoms with E-state index in [1.807, 2.05) is 33.8 Å². The highest BCUT2D eigenvalue weighted by Crippen LogP contribution is 2.09. The zero-order valence-corrected chi connectivity index (χ0v) is 13.1. The fourth-order valence-electron chi connectivity index (χ4n) is 1.50. The standard InChI is InChI=1S/C14H27NO2.CH2O2/c1-6-7-8-9-10-11-12(2)15-13(16)17-14(3,4)5;2-1-3/h6,12H,1,7-11H2,2-5H3,(H,15,16);1H,(H,2,3)/t12-;/m1./s1. The number of hydrogen-bond acceptors (Lipinski definition) is 3. The lowest BCUT2D eigenvalue weighted by molar-refractivity contribution is -0.122. The minimum absolute atomic E-state index is 0.175. The number of alkyl carbamates (subject to hydrolysis) is 1. The van der Waals surface area contributed by atoms with Gasteiger partial charge in [-0.25, -0.2) is 4.79 Å². The summed E-state index contributed by atoms with van der Waals surface area (Å²) >= 11 is 0. The van der Waals surface area contributed by atoms with Gasteiger partial charge in [0, 0.05) is 6.04 Å². The lowest BCUT2D eigenvalue weighted by Gasteiger charge is -2.21. The van der Waals surface area contributed by atoms with E-state index >= 15 is 0 Å². The van der Waals surface area contributed by atoms with E-state index in [9.17, 15) is 4.79 Å². The summed E-state index contributed by atoms with van der Waals surface area (Å²) < 4.78 is 5.19. The van der Waals surface area contributed by atoms with E-state index in [0.717, 1.165) is 19.3 Å². The molecule has 1 amide bonds. The molecule has 0 saturated heterocycles. The number of hydrogen-bond donors (Lipinski definition) is 2. The van der Waals surface area contributed by atoms with Gasteiger partial charge in [-0.05, 0) is 47.0 Å². The number of ether oxygens (including phenoxy) is 1. The molecule has 0 aromatic heterocycles. The maximum atomic E-state index is 11.5. The van der Waals surface area contributed by atoms with Gasteiger partial charge in [0.2, 0.25) is 0 Å². The van der Waals surface area contributed by atoms with Crippen molar-refractivity contribution in [1.29, 1.82) is 0 Å². The van der Waals surface area contributed by atoms with Crippen LogP contribution >= 0.6 is 0 Å². The first-order valence-corrected chi connectivity index (χ1v) is 6.95. The van der Waals surface area contributed by atoms with Gasteiger partial charge in [0.25, 0.3) is 6.47 Å². The first-order chi connectivity index (χ1) is 9.26. The van der Waals surface area contributed by atoms with Gasteiger partial charge < -0.3 is 15.2 Å². The molecular weight excluding hydrogens is 258 g/mol. The molecular formula is C15H29NO4. The van der Waals surface area contributed by atoms with Crippen LogP contribution in [0.5, 0.6) is 0 Å². The van der Waals surface area contributed by atoms with Crippen molar-refractivity contribution >= 4 is 12.6 Å². The Hall–Kier alpha value is -1.52. The maximum Gasteiger partial charge on any atom is 0.407 e. The molecule has 118 valence electrons. The highest BCUT2D eigenvalue weighted by atomic mass is 16.6. The Bertz CT molecular complexity index is 272. The summed E-state index contributed by atoms with van der Waals surface area (Å²) in [4.78, 5) is 19.8. The van der Waals surface area contributed by atoms with Crippen LogP contribution in [0.2, 0.25) is 0 Å². The number of nitrogens with one attached hydrogen (secondary N) is 1. The Labute approximate surface area is 122 Å². The van der Waals surface area contributed by atoms with Crippen LogP contribution in [-0.4, -0.2) is 29.3 Å². The van der Waals surface area contributed by atoms with Crippen LogP contribution < -0.4 is 5.32 Å². The minimum Gasteiger partial charge on any atom is -0.483 e. The topological polar surface area (TPSA) is 75.6 Å². The zero-order valence-electron chi connectivity index (χ0n) is 13.1. The quantitative estimate of drug-likeness (QED) is 0.425. The molecule has 0 aromatic carbocycles. The number of unbranched alkanes of at least 4 members (excludes halogenated alkanes) is 3. The summed E-state index contributed by atoms with van der Waals surface area (Å²) in [6, 6.07) is 0.175. The SMILES string of the molecule is C=CCCCCC[C@@H](C)NC(=O)OC(C)(C)C.O=CO. The van der Waals surface area contributed by atoms with Gasteiger partial charge in [-0.15, -0.1) is 6.58 Å². The molecule has 0 aliphatic rings. The fourth-order valence-corrected chi connectivity index (χ4v) is 1.50. The van der Waals surface area contributed by atoms with Crippen molar-refractivity contribution in [3.63, 3.8) is 0 Å². The Morgan fingerprint density at radius 1 is 1.35 bits per heavy atom. The molecule has 0 rings (SSSR count). The first kappa shape index (κ1) is 20.8. The molecule has 0 unspecified atom stereocenters. The monoisotopic (exact) mass is 287 g/mol. The van der Waals surface area contributed by atoms with Crippen molar-refractivity contribution in [2.75, 3.05) is 0 Å². The molecule has 5 nitrogen and oxygen atoms in total. The van der Waals surface area contributed by atoms with Crippen molar-refractivity contribution in [1.82, 2.24) is 5.32 Å². The first-order valence-electron chi connectivity index (χ1n) is 6.95. The van der Waals surface area contributed by atoms with Crippen molar-refractivity contribution < 1.29 is 19.4 Å². The van der Waals surface area contributed by atoms with Gasteiger partial charge in [-0.2, -0.15) is 0 Å². The van der Waals surface area contributed by atoms with E-state index in [1.54, 1.807) is 0 Å². The zero-order chi connectivity index (χ0) is 16.0. The molecule has 0 bridgehead atoms. The largest absolute Gasteiger partial charge is 0.483 e. The fraction of sp³-hybridized carbons (Fsp3) is 0.733. The summed E-state index contributed by atoms with van der Waals surface area (Å²) in [6.45, 7) is 11.1. The van der Waals surface area contributed by atoms with Gasteiger partial charge in [-0.3, -0.25) is 4.79 Å². The summed E-state index contributed by atoms with van der Waals surface area (Å²) in [6.07, 6.45) is 7.20. The second-order valence-corrected chi connectivity index (χ2v) is 5.58. The minimum atomic E-state index is -0.423. The van der Waals surface area contributed by atoms with Crippen molar-refractivity contribution in [2.45, 2.75) is 71.4 Å². The smallest absolute Gasteiger partial charge is 0.407 e. The molecule has 0 fully saturated rings. The number of carboxylic acid groups (broad SMARTS) is 1. The molecule has 1 atom stereocenters. The van der Waals surface area contributed by atoms with Crippen molar-refractivity contribution in [2.24, 2.45) is 0 Å². The average molecular weight is 287 g/mol. The maximum absolute atomic E-state index is 11.5. The lowest BCUT2D eigenvalue weighted by Crippen LogP contribution is -2.37. The molecule has 0 aromatic rings. The van der Waals surface area contributed by atoms with Crippen LogP contribution in [0.4, 0.5) is 4.79 Å². The van der Waals surface area contributed by atoms with Gasteiger partial charge >= 0.3 is 6.09 Å². The van der Waals surface area contributed by atoms with Gasteiger partial charge in [0.1, 0.15) is 5.60 Å². The highest BCUT2D eigenvalue weighted by Gasteiger charge is 2.17. The number of rotatable bonds is 7. The molecule has 0 saturated carbocycles. The van der Waals surface area contributed by atoms with Crippen LogP contribution in [0.15, 0.2) is 12.7 Å². The van der Waals surface area contributed by atoms with Gasteiger partial charge in [0.15, 0.2) is 0 Å². The van der Waals surface area contributed by atoms with Crippen molar-refractivity contribution in [3.05, 3.63) is 12.7 Å². The number of carbonyl (C=O) groups excluding carboxylic acids is 1. The molecule has 2 N–H and O–H groups in total. The third kappa shape index (κ3) is 18.8. The molecule has 20 heavy (non-hydrogen) atoms. The third-order valence-electron chi connectivity index (χ3n) is 2.31. The second kappa shape index (κ2) is 12.5. The summed E-state index contributed by atoms with van der Waals surface area (Å²) in [7, 11) is 0. The predicted octanol–water partition coefficient (Wildman–Crippen LogP) is 3.74. The molecule has 0 aliphatic heterocycles. The van der Waals surface area contributed by atoms with E-state index in [4.69, 9.17) is 14.6 Å². The Kier molecular flexibility index (Phi) is 13.0. The summed E-state index contributed by atoms with van der Waals surface area (Å²) in [5.41, 5.74) is -0.423. The Morgan fingerprint density at radius 2 is 1.90 bits per heavy atom. The second-order valence-electron chi connectivity index (χ2n) is 5.58. The predicted molar refractivity (Wildman–Crippen MR) is 80.8 cm³/mol. The molecule has 0 radical (unpaired) electrons. The lowest BCUT2D eigenvalue weighted by atomic mass is 10.1. The van der Waals surface area contributed by atoms with Crippen LogP contribution in [0.1, 0.15) is 59.8 Å². The van der Waals surface area contributed by atoms with E-state index in [-0.39, 0.29) is 18.6 Å². The third-order valence-corrected chi connectivity index (χ3v) is 2.31. The molecule has 5 heteroatoms. The summed E-state index contributed by atoms with van der Waals surface area (Å²) in [5, 5.41) is 9.73. The Morgan fingerprint density at radius 3 is 2.35 bits per heavy atom. The Balaban J connectivity index is 0. The highest BCUT2D eigenvalue weighted by molar-refractivity contribution is 5.67. The number of carbonyl (C=O) groups is 2. The molecule has 0 heterocycles. The van der Waals surface area contributed by atoms with Crippen LogP contribution in [0.3, 0.4) is 0 Å². The van der Waals surface area contributed by atoms with Gasteiger partial charge in [0.05, 0.1) is 0 Å². The number of allylic oxidation sites excluding steroid dienone is 1. The van der Waals surface area contributed by atoms with Crippen molar-refractivity contribution in [3.8, 4) is 0 Å². The normalized spacial score (nSPS) is 11.6. The molecule has 0 spiro atoms. The average Bonchev–Trinajstić information content (AvgIpc) is 2.27. The van der Waals surface area contributed by atoms with Crippen LogP contribution in [0.25, 0.3) is 0 Å². The van der Waals surface area contributed by atoms with Crippen LogP contribution in [-0.2, 0) is 9.53 Å². The van der Waals surface area contributed by atoms with E-state index in [2.05, 4.69) is 11.9 Å². The van der Waals surface area contributed by atoms with E-state index < -0.39 is 5.60 Å². The molecule has 0 aliphatic carbocycles. The summed E-state index contributed by atoms with van der Waals surface area (Å²) in [5.74, 6) is 0. The van der Waals surface area contributed by atoms with Crippen LogP contribution in [0, 0.1) is 0 Å². The number of amides is 1. The van der Waals surface area contributed by atoms with Gasteiger partial charge in [-0.1, -0.05) is 18.9 Å². The van der Waals surface area contributed by atoms with E-state index in [0.29, 0.717) is 0 Å². The van der Waals surface area contributed by atoms with E-state index in [1.165, 1.54) is 12.8 Å².